The maximum absolute atomic E-state index is 12.2. The molecule has 0 bridgehead atoms. The highest BCUT2D eigenvalue weighted by atomic mass is 16.5. The summed E-state index contributed by atoms with van der Waals surface area (Å²) in [5, 5.41) is 0. The van der Waals surface area contributed by atoms with Gasteiger partial charge in [-0.3, -0.25) is 14.5 Å². The van der Waals surface area contributed by atoms with Gasteiger partial charge in [-0.15, -0.1) is 0 Å². The minimum Gasteiger partial charge on any atom is -0.497 e. The van der Waals surface area contributed by atoms with Crippen molar-refractivity contribution in [1.82, 2.24) is 4.90 Å². The van der Waals surface area contributed by atoms with Crippen molar-refractivity contribution in [3.63, 3.8) is 0 Å². The summed E-state index contributed by atoms with van der Waals surface area (Å²) in [6.07, 6.45) is 3.67. The highest BCUT2D eigenvalue weighted by Gasteiger charge is 2.33. The molecule has 3 rings (SSSR count). The van der Waals surface area contributed by atoms with Crippen LogP contribution in [0.4, 0.5) is 0 Å². The molecule has 2 amide bonds. The van der Waals surface area contributed by atoms with Crippen molar-refractivity contribution in [3.8, 4) is 5.75 Å². The van der Waals surface area contributed by atoms with Crippen molar-refractivity contribution in [2.75, 3.05) is 13.7 Å². The molecule has 0 aromatic heterocycles. The number of imide groups is 1. The van der Waals surface area contributed by atoms with Gasteiger partial charge in [-0.2, -0.15) is 0 Å². The minimum atomic E-state index is -0.240. The first-order valence-electron chi connectivity index (χ1n) is 6.96. The molecule has 0 spiro atoms. The van der Waals surface area contributed by atoms with Crippen LogP contribution in [0.2, 0.25) is 0 Å². The molecule has 0 saturated heterocycles. The monoisotopic (exact) mass is 293 g/mol. The summed E-state index contributed by atoms with van der Waals surface area (Å²) < 4.78 is 5.16. The summed E-state index contributed by atoms with van der Waals surface area (Å²) >= 11 is 0. The molecule has 22 heavy (non-hydrogen) atoms. The fourth-order valence-electron chi connectivity index (χ4n) is 2.44. The third-order valence-electron chi connectivity index (χ3n) is 3.57. The van der Waals surface area contributed by atoms with Crippen molar-refractivity contribution in [2.24, 2.45) is 0 Å². The number of rotatable bonds is 4. The van der Waals surface area contributed by atoms with E-state index in [1.807, 2.05) is 30.3 Å². The second-order valence-corrected chi connectivity index (χ2v) is 4.95. The normalized spacial score (nSPS) is 13.8. The van der Waals surface area contributed by atoms with Gasteiger partial charge in [0.15, 0.2) is 0 Å². The van der Waals surface area contributed by atoms with Gasteiger partial charge >= 0.3 is 0 Å². The first-order valence-corrected chi connectivity index (χ1v) is 6.96. The highest BCUT2D eigenvalue weighted by Crippen LogP contribution is 2.22. The lowest BCUT2D eigenvalue weighted by atomic mass is 10.1. The number of ether oxygens (including phenoxy) is 1. The van der Waals surface area contributed by atoms with Gasteiger partial charge in [-0.05, 0) is 29.8 Å². The molecular weight excluding hydrogens is 278 g/mol. The number of benzene rings is 2. The van der Waals surface area contributed by atoms with Crippen LogP contribution in [0.25, 0.3) is 6.08 Å². The lowest BCUT2D eigenvalue weighted by Gasteiger charge is -2.10. The Hall–Kier alpha value is -2.88. The smallest absolute Gasteiger partial charge is 0.261 e. The maximum Gasteiger partial charge on any atom is 0.261 e. The van der Waals surface area contributed by atoms with Gasteiger partial charge < -0.3 is 4.74 Å². The Balaban J connectivity index is 1.74. The minimum absolute atomic E-state index is 0.240. The molecule has 0 fully saturated rings. The van der Waals surface area contributed by atoms with E-state index >= 15 is 0 Å². The van der Waals surface area contributed by atoms with Crippen molar-refractivity contribution < 1.29 is 14.3 Å². The molecule has 2 aromatic rings. The lowest BCUT2D eigenvalue weighted by Crippen LogP contribution is -2.29. The first-order chi connectivity index (χ1) is 10.7. The number of methoxy groups -OCH3 is 1. The van der Waals surface area contributed by atoms with E-state index in [4.69, 9.17) is 4.74 Å². The Morgan fingerprint density at radius 2 is 1.68 bits per heavy atom. The van der Waals surface area contributed by atoms with E-state index in [2.05, 4.69) is 0 Å². The molecule has 4 heteroatoms. The van der Waals surface area contributed by atoms with Crippen LogP contribution in [-0.4, -0.2) is 30.4 Å². The summed E-state index contributed by atoms with van der Waals surface area (Å²) in [6, 6.07) is 14.5. The summed E-state index contributed by atoms with van der Waals surface area (Å²) in [5.74, 6) is 0.287. The zero-order valence-electron chi connectivity index (χ0n) is 12.2. The molecule has 0 radical (unpaired) electrons. The quantitative estimate of drug-likeness (QED) is 0.814. The molecule has 0 N–H and O–H groups in total. The van der Waals surface area contributed by atoms with Gasteiger partial charge in [0.2, 0.25) is 0 Å². The Bertz CT molecular complexity index is 729. The van der Waals surface area contributed by atoms with Gasteiger partial charge in [0, 0.05) is 6.54 Å². The molecular formula is C18H15NO3. The fraction of sp³-hybridized carbons (Fsp3) is 0.111. The van der Waals surface area contributed by atoms with Crippen LogP contribution in [0, 0.1) is 0 Å². The van der Waals surface area contributed by atoms with Crippen molar-refractivity contribution in [2.45, 2.75) is 0 Å². The molecule has 0 atom stereocenters. The number of carbonyl (C=O) groups excluding carboxylic acids is 2. The average Bonchev–Trinajstić information content (AvgIpc) is 2.80. The summed E-state index contributed by atoms with van der Waals surface area (Å²) in [7, 11) is 1.61. The molecule has 110 valence electrons. The number of hydrogen-bond acceptors (Lipinski definition) is 3. The molecule has 1 aliphatic rings. The van der Waals surface area contributed by atoms with E-state index in [0.29, 0.717) is 11.1 Å². The van der Waals surface area contributed by atoms with Gasteiger partial charge in [-0.25, -0.2) is 0 Å². The number of hydrogen-bond donors (Lipinski definition) is 0. The second kappa shape index (κ2) is 5.85. The van der Waals surface area contributed by atoms with Crippen LogP contribution in [0.15, 0.2) is 54.6 Å². The molecule has 1 heterocycles. The van der Waals surface area contributed by atoms with Crippen LogP contribution in [0.5, 0.6) is 5.75 Å². The predicted octanol–water partition coefficient (Wildman–Crippen LogP) is 3.00. The number of fused-ring (bicyclic) bond motifs is 1. The van der Waals surface area contributed by atoms with Crippen LogP contribution in [0.3, 0.4) is 0 Å². The van der Waals surface area contributed by atoms with Crippen molar-refractivity contribution in [1.29, 1.82) is 0 Å². The summed E-state index contributed by atoms with van der Waals surface area (Å²) in [6.45, 7) is 0.254. The molecule has 2 aromatic carbocycles. The maximum atomic E-state index is 12.2. The Labute approximate surface area is 128 Å². The molecule has 1 aliphatic heterocycles. The number of amides is 2. The Morgan fingerprint density at radius 3 is 2.32 bits per heavy atom. The standard InChI is InChI=1S/C18H15NO3/c1-22-14-8-4-6-13(12-14)7-5-11-19-17(20)15-9-2-3-10-16(15)18(19)21/h2-10,12H,11H2,1H3. The van der Waals surface area contributed by atoms with Crippen LogP contribution in [-0.2, 0) is 0 Å². The van der Waals surface area contributed by atoms with Gasteiger partial charge in [-0.1, -0.05) is 36.4 Å². The number of nitrogens with zero attached hydrogens (tertiary/aromatic N) is 1. The summed E-state index contributed by atoms with van der Waals surface area (Å²) in [5.41, 5.74) is 1.90. The van der Waals surface area contributed by atoms with E-state index in [0.717, 1.165) is 11.3 Å². The SMILES string of the molecule is COc1cccc(C=CCN2C(=O)c3ccccc3C2=O)c1. The van der Waals surface area contributed by atoms with Gasteiger partial charge in [0.05, 0.1) is 18.2 Å². The predicted molar refractivity (Wildman–Crippen MR) is 83.8 cm³/mol. The van der Waals surface area contributed by atoms with E-state index < -0.39 is 0 Å². The van der Waals surface area contributed by atoms with E-state index in [-0.39, 0.29) is 18.4 Å². The molecule has 0 aliphatic carbocycles. The molecule has 0 unspecified atom stereocenters. The van der Waals surface area contributed by atoms with Crippen LogP contribution < -0.4 is 4.74 Å². The van der Waals surface area contributed by atoms with Crippen LogP contribution in [0.1, 0.15) is 26.3 Å². The van der Waals surface area contributed by atoms with E-state index in [1.54, 1.807) is 37.5 Å². The molecule has 4 nitrogen and oxygen atoms in total. The topological polar surface area (TPSA) is 46.6 Å². The van der Waals surface area contributed by atoms with Crippen molar-refractivity contribution >= 4 is 17.9 Å². The molecule has 0 saturated carbocycles. The average molecular weight is 293 g/mol. The number of carbonyl (C=O) groups is 2. The third-order valence-corrected chi connectivity index (χ3v) is 3.57. The summed E-state index contributed by atoms with van der Waals surface area (Å²) in [4.78, 5) is 25.7. The fourth-order valence-corrected chi connectivity index (χ4v) is 2.44. The third kappa shape index (κ3) is 2.51. The zero-order valence-corrected chi connectivity index (χ0v) is 12.2. The van der Waals surface area contributed by atoms with Crippen LogP contribution >= 0.6 is 0 Å². The highest BCUT2D eigenvalue weighted by molar-refractivity contribution is 6.21. The van der Waals surface area contributed by atoms with Crippen molar-refractivity contribution in [3.05, 3.63) is 71.3 Å². The van der Waals surface area contributed by atoms with Gasteiger partial charge in [0.25, 0.3) is 11.8 Å². The first kappa shape index (κ1) is 14.1. The Kier molecular flexibility index (Phi) is 3.74. The Morgan fingerprint density at radius 1 is 1.00 bits per heavy atom. The zero-order chi connectivity index (χ0) is 15.5. The van der Waals surface area contributed by atoms with Gasteiger partial charge in [0.1, 0.15) is 5.75 Å². The van der Waals surface area contributed by atoms with E-state index in [1.165, 1.54) is 4.90 Å². The lowest BCUT2D eigenvalue weighted by molar-refractivity contribution is 0.0672. The largest absolute Gasteiger partial charge is 0.497 e. The second-order valence-electron chi connectivity index (χ2n) is 4.95. The van der Waals surface area contributed by atoms with E-state index in [9.17, 15) is 9.59 Å².